The van der Waals surface area contributed by atoms with Gasteiger partial charge in [0.2, 0.25) is 0 Å². The summed E-state index contributed by atoms with van der Waals surface area (Å²) in [6.07, 6.45) is 1.01. The second-order valence-corrected chi connectivity index (χ2v) is 6.83. The molecule has 0 bridgehead atoms. The Bertz CT molecular complexity index is 603. The van der Waals surface area contributed by atoms with Gasteiger partial charge >= 0.3 is 0 Å². The van der Waals surface area contributed by atoms with Gasteiger partial charge in [0.1, 0.15) is 16.2 Å². The van der Waals surface area contributed by atoms with Gasteiger partial charge in [-0.2, -0.15) is 0 Å². The van der Waals surface area contributed by atoms with Crippen LogP contribution in [0.15, 0.2) is 34.9 Å². The van der Waals surface area contributed by atoms with E-state index in [2.05, 4.69) is 53.6 Å². The van der Waals surface area contributed by atoms with E-state index >= 15 is 0 Å². The van der Waals surface area contributed by atoms with E-state index in [1.807, 2.05) is 30.3 Å². The van der Waals surface area contributed by atoms with Crippen molar-refractivity contribution in [2.45, 2.75) is 39.5 Å². The number of hydrogen-bond acceptors (Lipinski definition) is 3. The zero-order valence-corrected chi connectivity index (χ0v) is 14.6. The van der Waals surface area contributed by atoms with Gasteiger partial charge in [0, 0.05) is 11.0 Å². The van der Waals surface area contributed by atoms with Crippen molar-refractivity contribution in [3.8, 4) is 17.0 Å². The summed E-state index contributed by atoms with van der Waals surface area (Å²) < 4.78 is 6.41. The molecule has 112 valence electrons. The minimum Gasteiger partial charge on any atom is -0.494 e. The number of halogens is 1. The maximum atomic E-state index is 5.61. The van der Waals surface area contributed by atoms with Crippen LogP contribution in [0.4, 0.5) is 0 Å². The molecule has 1 heterocycles. The molecule has 0 atom stereocenters. The number of rotatable bonds is 4. The molecule has 0 unspecified atom stereocenters. The summed E-state index contributed by atoms with van der Waals surface area (Å²) in [4.78, 5) is 9.15. The number of benzene rings is 1. The van der Waals surface area contributed by atoms with E-state index in [9.17, 15) is 0 Å². The molecule has 0 aliphatic rings. The topological polar surface area (TPSA) is 35.0 Å². The van der Waals surface area contributed by atoms with Crippen LogP contribution in [-0.2, 0) is 5.41 Å². The molecular formula is C17H21BrN2O. The van der Waals surface area contributed by atoms with Crippen LogP contribution in [0.3, 0.4) is 0 Å². The van der Waals surface area contributed by atoms with E-state index in [0.717, 1.165) is 40.5 Å². The predicted octanol–water partition coefficient (Wildman–Crippen LogP) is 4.99. The summed E-state index contributed by atoms with van der Waals surface area (Å²) >= 11 is 3.48. The Labute approximate surface area is 134 Å². The fourth-order valence-corrected chi connectivity index (χ4v) is 2.23. The summed E-state index contributed by atoms with van der Waals surface area (Å²) in [6.45, 7) is 9.17. The maximum Gasteiger partial charge on any atom is 0.135 e. The number of nitrogens with zero attached hydrogens (tertiary/aromatic N) is 2. The van der Waals surface area contributed by atoms with Crippen LogP contribution in [0.2, 0.25) is 0 Å². The second-order valence-electron chi connectivity index (χ2n) is 6.02. The zero-order valence-electron chi connectivity index (χ0n) is 13.0. The Morgan fingerprint density at radius 3 is 2.33 bits per heavy atom. The highest BCUT2D eigenvalue weighted by Crippen LogP contribution is 2.26. The molecule has 1 aromatic heterocycles. The third-order valence-electron chi connectivity index (χ3n) is 2.99. The van der Waals surface area contributed by atoms with E-state index in [1.165, 1.54) is 0 Å². The molecule has 0 spiro atoms. The Morgan fingerprint density at radius 2 is 1.76 bits per heavy atom. The normalized spacial score (nSPS) is 11.5. The standard InChI is InChI=1S/C17H21BrN2O/c1-5-10-21-13-8-6-12(7-9-13)14-11-15(18)20-16(19-14)17(2,3)4/h6-9,11H,5,10H2,1-4H3. The summed E-state index contributed by atoms with van der Waals surface area (Å²) in [5.74, 6) is 1.72. The summed E-state index contributed by atoms with van der Waals surface area (Å²) in [6, 6.07) is 9.98. The van der Waals surface area contributed by atoms with Gasteiger partial charge in [-0.25, -0.2) is 9.97 Å². The first kappa shape index (κ1) is 16.0. The SMILES string of the molecule is CCCOc1ccc(-c2cc(Br)nc(C(C)(C)C)n2)cc1. The van der Waals surface area contributed by atoms with E-state index in [0.29, 0.717) is 0 Å². The van der Waals surface area contributed by atoms with Crippen molar-refractivity contribution < 1.29 is 4.74 Å². The van der Waals surface area contributed by atoms with Crippen molar-refractivity contribution in [3.05, 3.63) is 40.8 Å². The molecule has 0 saturated carbocycles. The average Bonchev–Trinajstić information content (AvgIpc) is 2.44. The van der Waals surface area contributed by atoms with Crippen LogP contribution >= 0.6 is 15.9 Å². The predicted molar refractivity (Wildman–Crippen MR) is 89.7 cm³/mol. The minimum atomic E-state index is -0.0806. The molecule has 0 radical (unpaired) electrons. The van der Waals surface area contributed by atoms with Crippen molar-refractivity contribution in [3.63, 3.8) is 0 Å². The molecule has 1 aromatic carbocycles. The van der Waals surface area contributed by atoms with Gasteiger partial charge in [-0.1, -0.05) is 27.7 Å². The summed E-state index contributed by atoms with van der Waals surface area (Å²) in [5, 5.41) is 0. The quantitative estimate of drug-likeness (QED) is 0.729. The fraction of sp³-hybridized carbons (Fsp3) is 0.412. The molecule has 2 aromatic rings. The molecule has 4 heteroatoms. The Balaban J connectivity index is 2.31. The molecule has 0 N–H and O–H groups in total. The lowest BCUT2D eigenvalue weighted by Gasteiger charge is -2.17. The molecule has 2 rings (SSSR count). The maximum absolute atomic E-state index is 5.61. The molecule has 0 fully saturated rings. The molecule has 0 saturated heterocycles. The third kappa shape index (κ3) is 4.27. The number of ether oxygens (including phenoxy) is 1. The molecule has 0 amide bonds. The van der Waals surface area contributed by atoms with Crippen molar-refractivity contribution in [1.82, 2.24) is 9.97 Å². The van der Waals surface area contributed by atoms with Gasteiger partial charge in [0.25, 0.3) is 0 Å². The molecule has 21 heavy (non-hydrogen) atoms. The Hall–Kier alpha value is -1.42. The second kappa shape index (κ2) is 6.56. The third-order valence-corrected chi connectivity index (χ3v) is 3.39. The van der Waals surface area contributed by atoms with Gasteiger partial charge in [0.05, 0.1) is 12.3 Å². The lowest BCUT2D eigenvalue weighted by atomic mass is 9.95. The first-order valence-corrected chi connectivity index (χ1v) is 7.98. The first-order valence-electron chi connectivity index (χ1n) is 7.18. The average molecular weight is 349 g/mol. The molecule has 0 aliphatic carbocycles. The molecular weight excluding hydrogens is 328 g/mol. The highest BCUT2D eigenvalue weighted by Gasteiger charge is 2.19. The van der Waals surface area contributed by atoms with E-state index in [-0.39, 0.29) is 5.41 Å². The van der Waals surface area contributed by atoms with Gasteiger partial charge in [0.15, 0.2) is 0 Å². The zero-order chi connectivity index (χ0) is 15.5. The number of aromatic nitrogens is 2. The Morgan fingerprint density at radius 1 is 1.10 bits per heavy atom. The first-order chi connectivity index (χ1) is 9.90. The van der Waals surface area contributed by atoms with Gasteiger partial charge in [-0.05, 0) is 52.7 Å². The van der Waals surface area contributed by atoms with Gasteiger partial charge < -0.3 is 4.74 Å². The summed E-state index contributed by atoms with van der Waals surface area (Å²) in [5.41, 5.74) is 1.90. The molecule has 0 aliphatic heterocycles. The van der Waals surface area contributed by atoms with Crippen molar-refractivity contribution in [1.29, 1.82) is 0 Å². The van der Waals surface area contributed by atoms with Crippen LogP contribution in [-0.4, -0.2) is 16.6 Å². The van der Waals surface area contributed by atoms with Crippen LogP contribution in [0.1, 0.15) is 39.9 Å². The van der Waals surface area contributed by atoms with Crippen LogP contribution in [0.5, 0.6) is 5.75 Å². The number of hydrogen-bond donors (Lipinski definition) is 0. The van der Waals surface area contributed by atoms with Gasteiger partial charge in [-0.15, -0.1) is 0 Å². The van der Waals surface area contributed by atoms with Crippen molar-refractivity contribution in [2.24, 2.45) is 0 Å². The lowest BCUT2D eigenvalue weighted by molar-refractivity contribution is 0.317. The monoisotopic (exact) mass is 348 g/mol. The Kier molecular flexibility index (Phi) is 4.99. The van der Waals surface area contributed by atoms with Crippen LogP contribution in [0, 0.1) is 0 Å². The van der Waals surface area contributed by atoms with Crippen molar-refractivity contribution >= 4 is 15.9 Å². The van der Waals surface area contributed by atoms with Crippen molar-refractivity contribution in [2.75, 3.05) is 6.61 Å². The lowest BCUT2D eigenvalue weighted by Crippen LogP contribution is -2.16. The van der Waals surface area contributed by atoms with E-state index < -0.39 is 0 Å². The highest BCUT2D eigenvalue weighted by atomic mass is 79.9. The highest BCUT2D eigenvalue weighted by molar-refractivity contribution is 9.10. The van der Waals surface area contributed by atoms with Gasteiger partial charge in [-0.3, -0.25) is 0 Å². The summed E-state index contributed by atoms with van der Waals surface area (Å²) in [7, 11) is 0. The molecule has 3 nitrogen and oxygen atoms in total. The fourth-order valence-electron chi connectivity index (χ4n) is 1.84. The van der Waals surface area contributed by atoms with Crippen LogP contribution in [0.25, 0.3) is 11.3 Å². The minimum absolute atomic E-state index is 0.0806. The smallest absolute Gasteiger partial charge is 0.135 e. The largest absolute Gasteiger partial charge is 0.494 e. The van der Waals surface area contributed by atoms with E-state index in [1.54, 1.807) is 0 Å². The van der Waals surface area contributed by atoms with Crippen LogP contribution < -0.4 is 4.74 Å². The van der Waals surface area contributed by atoms with E-state index in [4.69, 9.17) is 4.74 Å².